The first-order valence-corrected chi connectivity index (χ1v) is 12.0. The highest BCUT2D eigenvalue weighted by Crippen LogP contribution is 2.47. The molecule has 10 heteroatoms. The van der Waals surface area contributed by atoms with Gasteiger partial charge in [0.25, 0.3) is 0 Å². The van der Waals surface area contributed by atoms with E-state index in [1.54, 1.807) is 86.6 Å². The summed E-state index contributed by atoms with van der Waals surface area (Å²) >= 11 is 1.54. The molecule has 0 spiro atoms. The van der Waals surface area contributed by atoms with Crippen LogP contribution in [0.25, 0.3) is 5.69 Å². The maximum Gasteiger partial charge on any atom is 0.244 e. The number of benzene rings is 2. The summed E-state index contributed by atoms with van der Waals surface area (Å²) in [7, 11) is 0.920. The lowest BCUT2D eigenvalue weighted by Gasteiger charge is -2.25. The maximum absolute atomic E-state index is 13.5. The summed E-state index contributed by atoms with van der Waals surface area (Å²) in [5, 5.41) is 3.74. The molecule has 3 aromatic rings. The maximum atomic E-state index is 13.5. The van der Waals surface area contributed by atoms with Gasteiger partial charge in [-0.3, -0.25) is 0 Å². The Balaban J connectivity index is 1.69. The number of hydrogen-bond donors (Lipinski definition) is 0. The SMILES string of the molecule is COc1cc(OC)c(C2SCCN2S(=O)(=O)c2ccc(-n3cccn3)cc2)cc1OC. The average Bonchev–Trinajstić information content (AvgIpc) is 3.51. The first-order chi connectivity index (χ1) is 15.0. The highest BCUT2D eigenvalue weighted by Gasteiger charge is 2.38. The molecule has 164 valence electrons. The molecule has 4 rings (SSSR count). The molecule has 31 heavy (non-hydrogen) atoms. The Morgan fingerprint density at radius 2 is 1.68 bits per heavy atom. The summed E-state index contributed by atoms with van der Waals surface area (Å²) in [5.41, 5.74) is 1.51. The van der Waals surface area contributed by atoms with E-state index in [9.17, 15) is 8.42 Å². The standard InChI is InChI=1S/C21H23N3O5S2/c1-27-18-14-20(29-3)19(28-2)13-17(18)21-24(11-12-30-21)31(25,26)16-7-5-15(6-8-16)23-10-4-9-22-23/h4-10,13-14,21H,11-12H2,1-3H3. The van der Waals surface area contributed by atoms with Crippen LogP contribution in [0.5, 0.6) is 17.2 Å². The molecule has 1 unspecified atom stereocenters. The van der Waals surface area contributed by atoms with Crippen molar-refractivity contribution in [1.82, 2.24) is 14.1 Å². The fraction of sp³-hybridized carbons (Fsp3) is 0.286. The van der Waals surface area contributed by atoms with Crippen molar-refractivity contribution in [2.75, 3.05) is 33.6 Å². The lowest BCUT2D eigenvalue weighted by molar-refractivity contribution is 0.344. The molecule has 1 saturated heterocycles. The van der Waals surface area contributed by atoms with Crippen molar-refractivity contribution in [2.45, 2.75) is 10.3 Å². The molecule has 0 aliphatic carbocycles. The van der Waals surface area contributed by atoms with Gasteiger partial charge in [0, 0.05) is 36.3 Å². The van der Waals surface area contributed by atoms with Crippen LogP contribution in [-0.4, -0.2) is 56.1 Å². The minimum absolute atomic E-state index is 0.232. The largest absolute Gasteiger partial charge is 0.496 e. The Labute approximate surface area is 185 Å². The Bertz CT molecular complexity index is 1150. The van der Waals surface area contributed by atoms with Gasteiger partial charge in [0.15, 0.2) is 11.5 Å². The monoisotopic (exact) mass is 461 g/mol. The van der Waals surface area contributed by atoms with E-state index in [2.05, 4.69) is 5.10 Å². The molecule has 0 amide bonds. The second-order valence-corrected chi connectivity index (χ2v) is 9.81. The number of nitrogens with zero attached hydrogens (tertiary/aromatic N) is 3. The zero-order valence-corrected chi connectivity index (χ0v) is 19.0. The molecule has 1 fully saturated rings. The molecule has 1 aromatic heterocycles. The van der Waals surface area contributed by atoms with Crippen molar-refractivity contribution in [3.05, 3.63) is 60.4 Å². The van der Waals surface area contributed by atoms with Crippen LogP contribution in [0, 0.1) is 0 Å². The van der Waals surface area contributed by atoms with Gasteiger partial charge < -0.3 is 14.2 Å². The van der Waals surface area contributed by atoms with Crippen LogP contribution in [-0.2, 0) is 10.0 Å². The van der Waals surface area contributed by atoms with E-state index in [1.165, 1.54) is 4.31 Å². The van der Waals surface area contributed by atoms with E-state index in [0.29, 0.717) is 29.5 Å². The van der Waals surface area contributed by atoms with Gasteiger partial charge in [-0.2, -0.15) is 9.40 Å². The fourth-order valence-electron chi connectivity index (χ4n) is 3.52. The first-order valence-electron chi connectivity index (χ1n) is 9.53. The van der Waals surface area contributed by atoms with Gasteiger partial charge in [-0.15, -0.1) is 11.8 Å². The summed E-state index contributed by atoms with van der Waals surface area (Å²) in [5.74, 6) is 2.26. The van der Waals surface area contributed by atoms with Crippen LogP contribution >= 0.6 is 11.8 Å². The van der Waals surface area contributed by atoms with Gasteiger partial charge in [0.2, 0.25) is 10.0 Å². The number of methoxy groups -OCH3 is 3. The summed E-state index contributed by atoms with van der Waals surface area (Å²) in [6.07, 6.45) is 3.48. The van der Waals surface area contributed by atoms with Crippen LogP contribution in [0.4, 0.5) is 0 Å². The van der Waals surface area contributed by atoms with E-state index in [0.717, 1.165) is 11.3 Å². The normalized spacial score (nSPS) is 16.9. The zero-order chi connectivity index (χ0) is 22.0. The van der Waals surface area contributed by atoms with Crippen LogP contribution in [0.2, 0.25) is 0 Å². The highest BCUT2D eigenvalue weighted by molar-refractivity contribution is 8.01. The van der Waals surface area contributed by atoms with E-state index >= 15 is 0 Å². The van der Waals surface area contributed by atoms with E-state index < -0.39 is 15.4 Å². The van der Waals surface area contributed by atoms with Crippen molar-refractivity contribution in [3.8, 4) is 22.9 Å². The third kappa shape index (κ3) is 3.98. The van der Waals surface area contributed by atoms with Crippen LogP contribution < -0.4 is 14.2 Å². The smallest absolute Gasteiger partial charge is 0.244 e. The van der Waals surface area contributed by atoms with Gasteiger partial charge in [0.1, 0.15) is 5.75 Å². The summed E-state index contributed by atoms with van der Waals surface area (Å²) in [6, 6.07) is 12.0. The molecular weight excluding hydrogens is 438 g/mol. The van der Waals surface area contributed by atoms with Crippen molar-refractivity contribution >= 4 is 21.8 Å². The number of hydrogen-bond acceptors (Lipinski definition) is 7. The van der Waals surface area contributed by atoms with Crippen molar-refractivity contribution in [2.24, 2.45) is 0 Å². The molecular formula is C21H23N3O5S2. The van der Waals surface area contributed by atoms with Crippen molar-refractivity contribution in [3.63, 3.8) is 0 Å². The number of thioether (sulfide) groups is 1. The van der Waals surface area contributed by atoms with Gasteiger partial charge in [0.05, 0.1) is 37.3 Å². The van der Waals surface area contributed by atoms with Crippen LogP contribution in [0.15, 0.2) is 59.8 Å². The quantitative estimate of drug-likeness (QED) is 0.534. The predicted molar refractivity (Wildman–Crippen MR) is 119 cm³/mol. The van der Waals surface area contributed by atoms with Gasteiger partial charge >= 0.3 is 0 Å². The van der Waals surface area contributed by atoms with Gasteiger partial charge in [-0.25, -0.2) is 13.1 Å². The molecule has 1 aliphatic heterocycles. The Morgan fingerprint density at radius 3 is 2.29 bits per heavy atom. The molecule has 1 atom stereocenters. The van der Waals surface area contributed by atoms with Gasteiger partial charge in [-0.1, -0.05) is 0 Å². The molecule has 1 aliphatic rings. The molecule has 0 bridgehead atoms. The minimum atomic E-state index is -3.73. The summed E-state index contributed by atoms with van der Waals surface area (Å²) in [6.45, 7) is 0.399. The van der Waals surface area contributed by atoms with Crippen LogP contribution in [0.3, 0.4) is 0 Å². The molecule has 2 heterocycles. The second-order valence-electron chi connectivity index (χ2n) is 6.73. The number of ether oxygens (including phenoxy) is 3. The third-order valence-corrected chi connectivity index (χ3v) is 8.32. The minimum Gasteiger partial charge on any atom is -0.496 e. The van der Waals surface area contributed by atoms with Crippen molar-refractivity contribution in [1.29, 1.82) is 0 Å². The second kappa shape index (κ2) is 8.81. The summed E-state index contributed by atoms with van der Waals surface area (Å²) in [4.78, 5) is 0.232. The number of aromatic nitrogens is 2. The molecule has 8 nitrogen and oxygen atoms in total. The molecule has 0 saturated carbocycles. The predicted octanol–water partition coefficient (Wildman–Crippen LogP) is 3.33. The average molecular weight is 462 g/mol. The molecule has 0 radical (unpaired) electrons. The third-order valence-electron chi connectivity index (χ3n) is 5.06. The molecule has 0 N–H and O–H groups in total. The number of sulfonamides is 1. The topological polar surface area (TPSA) is 82.9 Å². The van der Waals surface area contributed by atoms with E-state index in [4.69, 9.17) is 14.2 Å². The Morgan fingerprint density at radius 1 is 1.00 bits per heavy atom. The summed E-state index contributed by atoms with van der Waals surface area (Å²) < 4.78 is 46.5. The van der Waals surface area contributed by atoms with E-state index in [-0.39, 0.29) is 4.90 Å². The van der Waals surface area contributed by atoms with Crippen LogP contribution in [0.1, 0.15) is 10.9 Å². The fourth-order valence-corrected chi connectivity index (χ4v) is 6.77. The Hall–Kier alpha value is -2.69. The Kier molecular flexibility index (Phi) is 6.12. The van der Waals surface area contributed by atoms with Gasteiger partial charge in [-0.05, 0) is 36.4 Å². The number of rotatable bonds is 7. The first kappa shape index (κ1) is 21.5. The lowest BCUT2D eigenvalue weighted by Crippen LogP contribution is -2.30. The zero-order valence-electron chi connectivity index (χ0n) is 17.4. The van der Waals surface area contributed by atoms with E-state index in [1.807, 2.05) is 6.07 Å². The highest BCUT2D eigenvalue weighted by atomic mass is 32.2. The lowest BCUT2D eigenvalue weighted by atomic mass is 10.1. The molecule has 2 aromatic carbocycles. The van der Waals surface area contributed by atoms with Crippen molar-refractivity contribution < 1.29 is 22.6 Å².